The quantitative estimate of drug-likeness (QED) is 0.883. The number of carbonyl (C=O) groups excluding carboxylic acids is 1. The lowest BCUT2D eigenvalue weighted by atomic mass is 10.1. The van der Waals surface area contributed by atoms with Gasteiger partial charge < -0.3 is 15.0 Å². The number of piperidine rings is 1. The van der Waals surface area contributed by atoms with Gasteiger partial charge in [-0.1, -0.05) is 23.7 Å². The van der Waals surface area contributed by atoms with Crippen molar-refractivity contribution in [2.45, 2.75) is 44.8 Å². The molecule has 0 unspecified atom stereocenters. The number of hydrogen-bond acceptors (Lipinski definition) is 2. The number of rotatable bonds is 5. The predicted molar refractivity (Wildman–Crippen MR) is 91.7 cm³/mol. The molecular formula is C18H25ClN2O2. The van der Waals surface area contributed by atoms with Gasteiger partial charge in [-0.05, 0) is 56.2 Å². The molecule has 126 valence electrons. The highest BCUT2D eigenvalue weighted by molar-refractivity contribution is 6.30. The van der Waals surface area contributed by atoms with Crippen LogP contribution in [0, 0.1) is 5.92 Å². The summed E-state index contributed by atoms with van der Waals surface area (Å²) in [6.45, 7) is 4.42. The summed E-state index contributed by atoms with van der Waals surface area (Å²) in [5.74, 6) is 0.801. The standard InChI is InChI=1S/C18H25ClN2O2/c1-13(15-3-2-4-16(19)11-15)20-18(22)21-9-7-17(8-10-21)23-12-14-5-6-14/h2-4,11,13-14,17H,5-10,12H2,1H3,(H,20,22)/t13-/m0/s1. The molecule has 1 aliphatic heterocycles. The summed E-state index contributed by atoms with van der Waals surface area (Å²) < 4.78 is 5.93. The first-order valence-corrected chi connectivity index (χ1v) is 8.92. The van der Waals surface area contributed by atoms with Crippen molar-refractivity contribution < 1.29 is 9.53 Å². The van der Waals surface area contributed by atoms with Crippen LogP contribution in [0.15, 0.2) is 24.3 Å². The number of ether oxygens (including phenoxy) is 1. The fourth-order valence-electron chi connectivity index (χ4n) is 2.92. The Morgan fingerprint density at radius 1 is 1.35 bits per heavy atom. The molecule has 0 spiro atoms. The number of hydrogen-bond donors (Lipinski definition) is 1. The smallest absolute Gasteiger partial charge is 0.317 e. The fraction of sp³-hybridized carbons (Fsp3) is 0.611. The maximum Gasteiger partial charge on any atom is 0.317 e. The van der Waals surface area contributed by atoms with E-state index in [9.17, 15) is 4.79 Å². The first kappa shape index (κ1) is 16.6. The molecule has 1 atom stereocenters. The van der Waals surface area contributed by atoms with Crippen LogP contribution in [-0.2, 0) is 4.74 Å². The van der Waals surface area contributed by atoms with E-state index < -0.39 is 0 Å². The fourth-order valence-corrected chi connectivity index (χ4v) is 3.12. The second-order valence-corrected chi connectivity index (χ2v) is 7.13. The van der Waals surface area contributed by atoms with Crippen LogP contribution in [0.5, 0.6) is 0 Å². The molecule has 3 rings (SSSR count). The van der Waals surface area contributed by atoms with Crippen molar-refractivity contribution >= 4 is 17.6 Å². The molecule has 1 aliphatic carbocycles. The Kier molecular flexibility index (Phi) is 5.44. The number of amides is 2. The van der Waals surface area contributed by atoms with E-state index in [4.69, 9.17) is 16.3 Å². The Balaban J connectivity index is 1.43. The molecule has 0 radical (unpaired) electrons. The molecule has 1 saturated heterocycles. The van der Waals surface area contributed by atoms with Gasteiger partial charge >= 0.3 is 6.03 Å². The van der Waals surface area contributed by atoms with Crippen LogP contribution in [0.2, 0.25) is 5.02 Å². The minimum atomic E-state index is -0.0509. The van der Waals surface area contributed by atoms with E-state index in [2.05, 4.69) is 5.32 Å². The first-order chi connectivity index (χ1) is 11.1. The highest BCUT2D eigenvalue weighted by Crippen LogP contribution is 2.30. The monoisotopic (exact) mass is 336 g/mol. The van der Waals surface area contributed by atoms with Gasteiger partial charge in [0.15, 0.2) is 0 Å². The summed E-state index contributed by atoms with van der Waals surface area (Å²) in [6, 6.07) is 7.57. The molecule has 1 heterocycles. The Labute approximate surface area is 143 Å². The average molecular weight is 337 g/mol. The van der Waals surface area contributed by atoms with Crippen LogP contribution in [0.3, 0.4) is 0 Å². The van der Waals surface area contributed by atoms with Crippen molar-refractivity contribution in [3.8, 4) is 0 Å². The third-order valence-corrected chi connectivity index (χ3v) is 4.92. The number of carbonyl (C=O) groups is 1. The molecule has 4 nitrogen and oxygen atoms in total. The van der Waals surface area contributed by atoms with Gasteiger partial charge in [0.05, 0.1) is 12.1 Å². The summed E-state index contributed by atoms with van der Waals surface area (Å²) in [6.07, 6.45) is 4.84. The van der Waals surface area contributed by atoms with Crippen LogP contribution in [0.25, 0.3) is 0 Å². The molecule has 23 heavy (non-hydrogen) atoms. The summed E-state index contributed by atoms with van der Waals surface area (Å²) in [5, 5.41) is 3.75. The molecule has 0 aromatic heterocycles. The maximum atomic E-state index is 12.4. The van der Waals surface area contributed by atoms with Gasteiger partial charge in [0.1, 0.15) is 0 Å². The van der Waals surface area contributed by atoms with Crippen molar-refractivity contribution in [3.63, 3.8) is 0 Å². The van der Waals surface area contributed by atoms with E-state index in [1.165, 1.54) is 12.8 Å². The molecular weight excluding hydrogens is 312 g/mol. The van der Waals surface area contributed by atoms with Gasteiger partial charge in [0, 0.05) is 24.7 Å². The molecule has 5 heteroatoms. The average Bonchev–Trinajstić information content (AvgIpc) is 3.37. The zero-order valence-corrected chi connectivity index (χ0v) is 14.4. The second kappa shape index (κ2) is 7.54. The predicted octanol–water partition coefficient (Wildman–Crippen LogP) is 4.00. The normalized spacial score (nSPS) is 20.3. The maximum absolute atomic E-state index is 12.4. The number of urea groups is 1. The van der Waals surface area contributed by atoms with E-state index in [0.717, 1.165) is 44.0 Å². The molecule has 2 fully saturated rings. The first-order valence-electron chi connectivity index (χ1n) is 8.54. The van der Waals surface area contributed by atoms with Gasteiger partial charge in [-0.25, -0.2) is 4.79 Å². The lowest BCUT2D eigenvalue weighted by Gasteiger charge is -2.33. The largest absolute Gasteiger partial charge is 0.378 e. The van der Waals surface area contributed by atoms with Crippen LogP contribution >= 0.6 is 11.6 Å². The van der Waals surface area contributed by atoms with Crippen molar-refractivity contribution in [3.05, 3.63) is 34.9 Å². The topological polar surface area (TPSA) is 41.6 Å². The van der Waals surface area contributed by atoms with Crippen LogP contribution in [0.1, 0.15) is 44.2 Å². The van der Waals surface area contributed by atoms with Crippen molar-refractivity contribution in [2.75, 3.05) is 19.7 Å². The van der Waals surface area contributed by atoms with Crippen LogP contribution in [-0.4, -0.2) is 36.7 Å². The third kappa shape index (κ3) is 4.85. The molecule has 0 bridgehead atoms. The van der Waals surface area contributed by atoms with Gasteiger partial charge in [-0.15, -0.1) is 0 Å². The minimum absolute atomic E-state index is 0.00174. The van der Waals surface area contributed by atoms with Gasteiger partial charge in [-0.2, -0.15) is 0 Å². The summed E-state index contributed by atoms with van der Waals surface area (Å²) in [4.78, 5) is 14.3. The minimum Gasteiger partial charge on any atom is -0.378 e. The van der Waals surface area contributed by atoms with E-state index >= 15 is 0 Å². The highest BCUT2D eigenvalue weighted by atomic mass is 35.5. The molecule has 2 aliphatic rings. The summed E-state index contributed by atoms with van der Waals surface area (Å²) in [7, 11) is 0. The second-order valence-electron chi connectivity index (χ2n) is 6.69. The van der Waals surface area contributed by atoms with Crippen molar-refractivity contribution in [2.24, 2.45) is 5.92 Å². The molecule has 1 aromatic carbocycles. The number of nitrogens with zero attached hydrogens (tertiary/aromatic N) is 1. The van der Waals surface area contributed by atoms with Crippen LogP contribution < -0.4 is 5.32 Å². The molecule has 2 amide bonds. The Bertz CT molecular complexity index is 540. The lowest BCUT2D eigenvalue weighted by molar-refractivity contribution is 0.00933. The molecule has 1 aromatic rings. The summed E-state index contributed by atoms with van der Waals surface area (Å²) >= 11 is 6.01. The van der Waals surface area contributed by atoms with E-state index in [0.29, 0.717) is 11.1 Å². The molecule has 1 N–H and O–H groups in total. The zero-order valence-electron chi connectivity index (χ0n) is 13.6. The van der Waals surface area contributed by atoms with Gasteiger partial charge in [0.25, 0.3) is 0 Å². The van der Waals surface area contributed by atoms with E-state index in [1.807, 2.05) is 36.1 Å². The van der Waals surface area contributed by atoms with Crippen LogP contribution in [0.4, 0.5) is 4.79 Å². The third-order valence-electron chi connectivity index (χ3n) is 4.68. The zero-order chi connectivity index (χ0) is 16.2. The SMILES string of the molecule is C[C@H](NC(=O)N1CCC(OCC2CC2)CC1)c1cccc(Cl)c1. The van der Waals surface area contributed by atoms with Gasteiger partial charge in [0.2, 0.25) is 0 Å². The van der Waals surface area contributed by atoms with Crippen molar-refractivity contribution in [1.29, 1.82) is 0 Å². The lowest BCUT2D eigenvalue weighted by Crippen LogP contribution is -2.46. The van der Waals surface area contributed by atoms with E-state index in [-0.39, 0.29) is 12.1 Å². The number of nitrogens with one attached hydrogen (secondary N) is 1. The van der Waals surface area contributed by atoms with Crippen molar-refractivity contribution in [1.82, 2.24) is 10.2 Å². The Morgan fingerprint density at radius 2 is 2.09 bits per heavy atom. The highest BCUT2D eigenvalue weighted by Gasteiger charge is 2.27. The van der Waals surface area contributed by atoms with Gasteiger partial charge in [-0.3, -0.25) is 0 Å². The number of benzene rings is 1. The number of halogens is 1. The number of likely N-dealkylation sites (tertiary alicyclic amines) is 1. The Morgan fingerprint density at radius 3 is 2.74 bits per heavy atom. The Hall–Kier alpha value is -1.26. The molecule has 1 saturated carbocycles. The van der Waals surface area contributed by atoms with E-state index in [1.54, 1.807) is 0 Å². The summed E-state index contributed by atoms with van der Waals surface area (Å²) in [5.41, 5.74) is 1.02.